The normalized spacial score (nSPS) is 11.7. The van der Waals surface area contributed by atoms with Crippen LogP contribution in [0.2, 0.25) is 0 Å². The average Bonchev–Trinajstić information content (AvgIpc) is 2.46. The van der Waals surface area contributed by atoms with Gasteiger partial charge in [0.2, 0.25) is 0 Å². The van der Waals surface area contributed by atoms with Crippen molar-refractivity contribution < 1.29 is 4.79 Å². The maximum absolute atomic E-state index is 12.1. The molecule has 0 bridgehead atoms. The summed E-state index contributed by atoms with van der Waals surface area (Å²) in [6.45, 7) is 6.72. The third kappa shape index (κ3) is 4.71. The summed E-state index contributed by atoms with van der Waals surface area (Å²) in [6.07, 6.45) is 2.15. The fourth-order valence-electron chi connectivity index (χ4n) is 2.26. The third-order valence-electron chi connectivity index (χ3n) is 3.60. The number of hydrogen-bond donors (Lipinski definition) is 2. The van der Waals surface area contributed by atoms with Crippen LogP contribution in [0.1, 0.15) is 49.5 Å². The van der Waals surface area contributed by atoms with E-state index in [9.17, 15) is 4.79 Å². The van der Waals surface area contributed by atoms with E-state index in [0.29, 0.717) is 18.0 Å². The summed E-state index contributed by atoms with van der Waals surface area (Å²) in [5, 5.41) is 3.07. The molecule has 0 aliphatic heterocycles. The maximum Gasteiger partial charge on any atom is 0.251 e. The van der Waals surface area contributed by atoms with Gasteiger partial charge in [0.05, 0.1) is 6.54 Å². The number of amides is 1. The lowest BCUT2D eigenvalue weighted by Gasteiger charge is -2.22. The second kappa shape index (κ2) is 8.39. The van der Waals surface area contributed by atoms with Gasteiger partial charge in [-0.05, 0) is 37.1 Å². The highest BCUT2D eigenvalue weighted by atomic mass is 16.1. The molecule has 0 aliphatic rings. The van der Waals surface area contributed by atoms with Crippen molar-refractivity contribution in [3.63, 3.8) is 0 Å². The molecule has 108 valence electrons. The van der Waals surface area contributed by atoms with Crippen LogP contribution in [0.25, 0.3) is 0 Å². The first-order valence-corrected chi connectivity index (χ1v) is 7.22. The van der Waals surface area contributed by atoms with Crippen LogP contribution >= 0.6 is 0 Å². The Morgan fingerprint density at radius 1 is 1.25 bits per heavy atom. The molecule has 1 atom stereocenters. The van der Waals surface area contributed by atoms with E-state index in [2.05, 4.69) is 37.9 Å². The number of benzene rings is 1. The summed E-state index contributed by atoms with van der Waals surface area (Å²) in [5.74, 6) is 6.23. The van der Waals surface area contributed by atoms with Crippen molar-refractivity contribution in [3.05, 3.63) is 35.4 Å². The SMILES string of the molecule is CCC(CC)C(C)NC(=O)c1ccc(C#CCN)cc1. The predicted molar refractivity (Wildman–Crippen MR) is 83.4 cm³/mol. The Balaban J connectivity index is 2.68. The summed E-state index contributed by atoms with van der Waals surface area (Å²) in [7, 11) is 0. The molecule has 1 unspecified atom stereocenters. The lowest BCUT2D eigenvalue weighted by Crippen LogP contribution is -2.37. The van der Waals surface area contributed by atoms with Crippen molar-refractivity contribution in [2.24, 2.45) is 11.7 Å². The van der Waals surface area contributed by atoms with Crippen LogP contribution < -0.4 is 11.1 Å². The van der Waals surface area contributed by atoms with Gasteiger partial charge in [-0.15, -0.1) is 0 Å². The van der Waals surface area contributed by atoms with E-state index in [1.807, 2.05) is 12.1 Å². The minimum atomic E-state index is -0.0252. The van der Waals surface area contributed by atoms with Crippen molar-refractivity contribution in [1.29, 1.82) is 0 Å². The Bertz CT molecular complexity index is 478. The molecule has 20 heavy (non-hydrogen) atoms. The molecule has 0 saturated carbocycles. The predicted octanol–water partition coefficient (Wildman–Crippen LogP) is 2.55. The molecule has 0 aliphatic carbocycles. The Morgan fingerprint density at radius 2 is 1.85 bits per heavy atom. The van der Waals surface area contributed by atoms with Crippen LogP contribution in [0.4, 0.5) is 0 Å². The average molecular weight is 272 g/mol. The highest BCUT2D eigenvalue weighted by molar-refractivity contribution is 5.94. The van der Waals surface area contributed by atoms with Crippen LogP contribution in [0, 0.1) is 17.8 Å². The van der Waals surface area contributed by atoms with Crippen molar-refractivity contribution in [2.75, 3.05) is 6.54 Å². The zero-order valence-electron chi connectivity index (χ0n) is 12.6. The quantitative estimate of drug-likeness (QED) is 0.809. The number of rotatable bonds is 5. The summed E-state index contributed by atoms with van der Waals surface area (Å²) < 4.78 is 0. The lowest BCUT2D eigenvalue weighted by atomic mass is 9.95. The van der Waals surface area contributed by atoms with Crippen molar-refractivity contribution in [1.82, 2.24) is 5.32 Å². The third-order valence-corrected chi connectivity index (χ3v) is 3.60. The summed E-state index contributed by atoms with van der Waals surface area (Å²) in [5.41, 5.74) is 6.87. The number of carbonyl (C=O) groups excluding carboxylic acids is 1. The van der Waals surface area contributed by atoms with Gasteiger partial charge in [0, 0.05) is 17.2 Å². The molecule has 0 fully saturated rings. The van der Waals surface area contributed by atoms with Gasteiger partial charge in [-0.25, -0.2) is 0 Å². The van der Waals surface area contributed by atoms with Crippen molar-refractivity contribution in [2.45, 2.75) is 39.7 Å². The number of carbonyl (C=O) groups is 1. The van der Waals surface area contributed by atoms with Crippen molar-refractivity contribution in [3.8, 4) is 11.8 Å². The van der Waals surface area contributed by atoms with Gasteiger partial charge >= 0.3 is 0 Å². The number of hydrogen-bond acceptors (Lipinski definition) is 2. The summed E-state index contributed by atoms with van der Waals surface area (Å²) >= 11 is 0. The highest BCUT2D eigenvalue weighted by Gasteiger charge is 2.16. The van der Waals surface area contributed by atoms with Crippen LogP contribution in [-0.4, -0.2) is 18.5 Å². The first-order chi connectivity index (χ1) is 9.62. The van der Waals surface area contributed by atoms with Crippen LogP contribution in [0.5, 0.6) is 0 Å². The fraction of sp³-hybridized carbons (Fsp3) is 0.471. The van der Waals surface area contributed by atoms with E-state index in [-0.39, 0.29) is 11.9 Å². The van der Waals surface area contributed by atoms with E-state index in [1.54, 1.807) is 12.1 Å². The zero-order chi connectivity index (χ0) is 15.0. The Morgan fingerprint density at radius 3 is 2.35 bits per heavy atom. The largest absolute Gasteiger partial charge is 0.349 e. The van der Waals surface area contributed by atoms with Gasteiger partial charge in [0.15, 0.2) is 0 Å². The van der Waals surface area contributed by atoms with Crippen LogP contribution in [-0.2, 0) is 0 Å². The van der Waals surface area contributed by atoms with E-state index >= 15 is 0 Å². The molecule has 0 aromatic heterocycles. The van der Waals surface area contributed by atoms with Gasteiger partial charge in [0.25, 0.3) is 5.91 Å². The zero-order valence-corrected chi connectivity index (χ0v) is 12.6. The molecule has 0 spiro atoms. The molecule has 3 nitrogen and oxygen atoms in total. The van der Waals surface area contributed by atoms with E-state index < -0.39 is 0 Å². The molecule has 1 amide bonds. The van der Waals surface area contributed by atoms with Crippen LogP contribution in [0.3, 0.4) is 0 Å². The second-order valence-corrected chi connectivity index (χ2v) is 4.92. The molecule has 1 rings (SSSR count). The Hall–Kier alpha value is -1.79. The molecule has 0 heterocycles. The van der Waals surface area contributed by atoms with E-state index in [4.69, 9.17) is 5.73 Å². The molecular weight excluding hydrogens is 248 g/mol. The van der Waals surface area contributed by atoms with Crippen LogP contribution in [0.15, 0.2) is 24.3 Å². The minimum Gasteiger partial charge on any atom is -0.349 e. The van der Waals surface area contributed by atoms with E-state index in [0.717, 1.165) is 18.4 Å². The smallest absolute Gasteiger partial charge is 0.251 e. The molecule has 1 aromatic rings. The summed E-state index contributed by atoms with van der Waals surface area (Å²) in [4.78, 5) is 12.1. The van der Waals surface area contributed by atoms with Gasteiger partial charge in [0.1, 0.15) is 0 Å². The fourth-order valence-corrected chi connectivity index (χ4v) is 2.26. The molecule has 0 saturated heterocycles. The van der Waals surface area contributed by atoms with Gasteiger partial charge in [-0.2, -0.15) is 0 Å². The molecular formula is C17H24N2O. The molecule has 3 N–H and O–H groups in total. The Labute approximate surface area is 121 Å². The monoisotopic (exact) mass is 272 g/mol. The Kier molecular flexibility index (Phi) is 6.83. The topological polar surface area (TPSA) is 55.1 Å². The van der Waals surface area contributed by atoms with Gasteiger partial charge < -0.3 is 11.1 Å². The van der Waals surface area contributed by atoms with E-state index in [1.165, 1.54) is 0 Å². The first kappa shape index (κ1) is 16.3. The van der Waals surface area contributed by atoms with Crippen molar-refractivity contribution >= 4 is 5.91 Å². The number of nitrogens with one attached hydrogen (secondary N) is 1. The molecule has 3 heteroatoms. The second-order valence-electron chi connectivity index (χ2n) is 4.92. The molecule has 0 radical (unpaired) electrons. The number of nitrogens with two attached hydrogens (primary N) is 1. The standard InChI is InChI=1S/C17H24N2O/c1-4-15(5-2)13(3)19-17(20)16-10-8-14(9-11-16)7-6-12-18/h8-11,13,15H,4-5,12,18H2,1-3H3,(H,19,20). The summed E-state index contributed by atoms with van der Waals surface area (Å²) in [6, 6.07) is 7.48. The van der Waals surface area contributed by atoms with Gasteiger partial charge in [-0.1, -0.05) is 38.5 Å². The highest BCUT2D eigenvalue weighted by Crippen LogP contribution is 2.13. The maximum atomic E-state index is 12.1. The lowest BCUT2D eigenvalue weighted by molar-refractivity contribution is 0.0925. The minimum absolute atomic E-state index is 0.0252. The molecule has 1 aromatic carbocycles. The first-order valence-electron chi connectivity index (χ1n) is 7.22. The van der Waals surface area contributed by atoms with Gasteiger partial charge in [-0.3, -0.25) is 4.79 Å².